The number of aromatic nitrogens is 7. The number of nitro groups is 1. The zero-order valence-corrected chi connectivity index (χ0v) is 23.1. The van der Waals surface area contributed by atoms with E-state index in [9.17, 15) is 19.7 Å². The molecule has 4 heterocycles. The van der Waals surface area contributed by atoms with Crippen molar-refractivity contribution in [3.05, 3.63) is 76.7 Å². The molecule has 15 heteroatoms. The van der Waals surface area contributed by atoms with Crippen LogP contribution >= 0.6 is 0 Å². The summed E-state index contributed by atoms with van der Waals surface area (Å²) in [6.07, 6.45) is 4.36. The van der Waals surface area contributed by atoms with Crippen LogP contribution in [0.3, 0.4) is 0 Å². The van der Waals surface area contributed by atoms with Gasteiger partial charge in [-0.1, -0.05) is 38.6 Å². The van der Waals surface area contributed by atoms with Crippen LogP contribution in [-0.2, 0) is 23.8 Å². The molecule has 0 saturated heterocycles. The average Bonchev–Trinajstić information content (AvgIpc) is 3.69. The summed E-state index contributed by atoms with van der Waals surface area (Å²) >= 11 is 0. The van der Waals surface area contributed by atoms with Crippen LogP contribution in [0.15, 0.2) is 53.8 Å². The fourth-order valence-corrected chi connectivity index (χ4v) is 4.12. The predicted molar refractivity (Wildman–Crippen MR) is 151 cm³/mol. The number of rotatable bonds is 8. The third-order valence-corrected chi connectivity index (χ3v) is 6.23. The van der Waals surface area contributed by atoms with Crippen molar-refractivity contribution in [1.82, 2.24) is 40.2 Å². The summed E-state index contributed by atoms with van der Waals surface area (Å²) in [5, 5.41) is 25.3. The smallest absolute Gasteiger partial charge is 0.315 e. The molecule has 42 heavy (non-hydrogen) atoms. The van der Waals surface area contributed by atoms with Crippen LogP contribution in [-0.4, -0.2) is 51.6 Å². The van der Waals surface area contributed by atoms with E-state index in [0.717, 1.165) is 6.08 Å². The van der Waals surface area contributed by atoms with Gasteiger partial charge in [-0.25, -0.2) is 9.97 Å². The number of nitro benzene ring substituents is 1. The van der Waals surface area contributed by atoms with Crippen LogP contribution in [0, 0.1) is 10.1 Å². The molecular formula is C27H26N10O5. The minimum absolute atomic E-state index is 0.136. The Kier molecular flexibility index (Phi) is 7.08. The Morgan fingerprint density at radius 1 is 1.21 bits per heavy atom. The number of hydrogen-bond donors (Lipinski definition) is 3. The van der Waals surface area contributed by atoms with Gasteiger partial charge in [0, 0.05) is 42.0 Å². The Bertz CT molecular complexity index is 1860. The van der Waals surface area contributed by atoms with Gasteiger partial charge in [0.15, 0.2) is 17.3 Å². The van der Waals surface area contributed by atoms with Gasteiger partial charge in [-0.3, -0.25) is 24.4 Å². The second kappa shape index (κ2) is 10.7. The summed E-state index contributed by atoms with van der Waals surface area (Å²) in [5.74, 6) is -0.261. The number of pyridine rings is 1. The first-order chi connectivity index (χ1) is 19.9. The van der Waals surface area contributed by atoms with E-state index in [4.69, 9.17) is 4.52 Å². The number of carbonyl (C=O) groups excluding carboxylic acids is 2. The number of amides is 2. The maximum Gasteiger partial charge on any atom is 0.315 e. The molecule has 214 valence electrons. The van der Waals surface area contributed by atoms with Crippen molar-refractivity contribution in [2.45, 2.75) is 32.7 Å². The minimum atomic E-state index is -0.642. The zero-order valence-electron chi connectivity index (χ0n) is 23.1. The van der Waals surface area contributed by atoms with Crippen molar-refractivity contribution in [2.24, 2.45) is 7.05 Å². The fourth-order valence-electron chi connectivity index (χ4n) is 4.12. The summed E-state index contributed by atoms with van der Waals surface area (Å²) in [7, 11) is 1.70. The Balaban J connectivity index is 1.44. The molecule has 0 bridgehead atoms. The number of carbonyl (C=O) groups is 2. The van der Waals surface area contributed by atoms with Crippen LogP contribution < -0.4 is 10.6 Å². The third-order valence-electron chi connectivity index (χ3n) is 6.23. The monoisotopic (exact) mass is 570 g/mol. The lowest BCUT2D eigenvalue weighted by molar-refractivity contribution is -0.385. The van der Waals surface area contributed by atoms with Gasteiger partial charge in [-0.15, -0.1) is 0 Å². The highest BCUT2D eigenvalue weighted by molar-refractivity contribution is 6.01. The van der Waals surface area contributed by atoms with Crippen LogP contribution in [0.4, 0.5) is 11.5 Å². The zero-order chi connectivity index (χ0) is 30.2. The summed E-state index contributed by atoms with van der Waals surface area (Å²) in [6.45, 7) is 8.96. The molecule has 0 radical (unpaired) electrons. The lowest BCUT2D eigenvalue weighted by Gasteiger charge is -2.10. The highest BCUT2D eigenvalue weighted by Gasteiger charge is 2.25. The van der Waals surface area contributed by atoms with E-state index in [1.807, 2.05) is 20.8 Å². The summed E-state index contributed by atoms with van der Waals surface area (Å²) in [4.78, 5) is 52.1. The van der Waals surface area contributed by atoms with E-state index < -0.39 is 22.2 Å². The summed E-state index contributed by atoms with van der Waals surface area (Å²) < 4.78 is 6.58. The molecule has 4 aromatic heterocycles. The van der Waals surface area contributed by atoms with Crippen molar-refractivity contribution >= 4 is 34.5 Å². The van der Waals surface area contributed by atoms with Crippen molar-refractivity contribution in [1.29, 1.82) is 0 Å². The normalized spacial score (nSPS) is 11.4. The number of benzene rings is 1. The number of aromatic amines is 1. The Morgan fingerprint density at radius 3 is 2.69 bits per heavy atom. The number of aryl methyl sites for hydroxylation is 1. The van der Waals surface area contributed by atoms with E-state index in [2.05, 4.69) is 47.4 Å². The van der Waals surface area contributed by atoms with Gasteiger partial charge in [-0.05, 0) is 23.8 Å². The molecule has 3 N–H and O–H groups in total. The standard InChI is InChI=1S/C27H26N10O5/c1-6-19(38)30-22-17(13-36(5)34-22)21-31-20-16(9-10-28-23(20)32-21)14-7-8-15(18(11-14)37(40)41)12-29-24(39)25-33-26(35-42-25)27(2,3)4/h6-11,13H,1,12H2,2-5H3,(H,29,39)(H,28,31,32)(H,30,34,38). The molecule has 0 aliphatic heterocycles. The third kappa shape index (κ3) is 5.47. The van der Waals surface area contributed by atoms with E-state index >= 15 is 0 Å². The average molecular weight is 571 g/mol. The van der Waals surface area contributed by atoms with Crippen molar-refractivity contribution < 1.29 is 19.0 Å². The highest BCUT2D eigenvalue weighted by atomic mass is 16.6. The first kappa shape index (κ1) is 27.8. The second-order valence-corrected chi connectivity index (χ2v) is 10.4. The van der Waals surface area contributed by atoms with Crippen LogP contribution in [0.1, 0.15) is 42.8 Å². The topological polar surface area (TPSA) is 200 Å². The molecule has 0 aliphatic rings. The second-order valence-electron chi connectivity index (χ2n) is 10.4. The Labute approximate surface area is 238 Å². The molecule has 0 spiro atoms. The summed E-state index contributed by atoms with van der Waals surface area (Å²) in [6, 6.07) is 6.39. The van der Waals surface area contributed by atoms with Crippen LogP contribution in [0.2, 0.25) is 0 Å². The first-order valence-electron chi connectivity index (χ1n) is 12.7. The SMILES string of the molecule is C=CC(=O)Nc1nn(C)cc1-c1nc2nccc(-c3ccc(CNC(=O)c4nc(C(C)(C)C)no4)c([N+](=O)[O-])c3)c2[nH]1. The Morgan fingerprint density at radius 2 is 2.00 bits per heavy atom. The fraction of sp³-hybridized carbons (Fsp3) is 0.222. The van der Waals surface area contributed by atoms with Gasteiger partial charge >= 0.3 is 11.8 Å². The molecule has 0 atom stereocenters. The van der Waals surface area contributed by atoms with Gasteiger partial charge < -0.3 is 20.1 Å². The molecule has 15 nitrogen and oxygen atoms in total. The number of nitrogens with zero attached hydrogens (tertiary/aromatic N) is 7. The molecule has 0 aliphatic carbocycles. The lowest BCUT2D eigenvalue weighted by Crippen LogP contribution is -2.24. The molecule has 5 rings (SSSR count). The molecule has 2 amide bonds. The minimum Gasteiger partial charge on any atom is -0.343 e. The maximum absolute atomic E-state index is 12.6. The largest absolute Gasteiger partial charge is 0.343 e. The maximum atomic E-state index is 12.6. The highest BCUT2D eigenvalue weighted by Crippen LogP contribution is 2.33. The number of hydrogen-bond acceptors (Lipinski definition) is 10. The van der Waals surface area contributed by atoms with Crippen LogP contribution in [0.5, 0.6) is 0 Å². The van der Waals surface area contributed by atoms with Gasteiger partial charge in [0.05, 0.1) is 22.5 Å². The molecule has 0 unspecified atom stereocenters. The van der Waals surface area contributed by atoms with E-state index in [1.54, 1.807) is 37.6 Å². The van der Waals surface area contributed by atoms with E-state index in [-0.39, 0.29) is 29.5 Å². The van der Waals surface area contributed by atoms with Gasteiger partial charge in [-0.2, -0.15) is 10.1 Å². The molecular weight excluding hydrogens is 544 g/mol. The van der Waals surface area contributed by atoms with Gasteiger partial charge in [0.1, 0.15) is 5.82 Å². The summed E-state index contributed by atoms with van der Waals surface area (Å²) in [5.41, 5.74) is 2.22. The first-order valence-corrected chi connectivity index (χ1v) is 12.7. The van der Waals surface area contributed by atoms with Gasteiger partial charge in [0.25, 0.3) is 5.69 Å². The predicted octanol–water partition coefficient (Wildman–Crippen LogP) is 3.67. The quantitative estimate of drug-likeness (QED) is 0.140. The number of nitrogens with one attached hydrogen (secondary N) is 3. The van der Waals surface area contributed by atoms with E-state index in [1.165, 1.54) is 10.7 Å². The van der Waals surface area contributed by atoms with E-state index in [0.29, 0.717) is 39.5 Å². The number of imidazole rings is 1. The van der Waals surface area contributed by atoms with Gasteiger partial charge in [0.2, 0.25) is 5.91 Å². The molecule has 0 saturated carbocycles. The molecule has 1 aromatic carbocycles. The number of anilines is 1. The van der Waals surface area contributed by atoms with Crippen molar-refractivity contribution in [3.8, 4) is 22.5 Å². The van der Waals surface area contributed by atoms with Crippen molar-refractivity contribution in [3.63, 3.8) is 0 Å². The molecule has 0 fully saturated rings. The Hall–Kier alpha value is -5.73. The number of H-pyrrole nitrogens is 1. The van der Waals surface area contributed by atoms with Crippen LogP contribution in [0.25, 0.3) is 33.7 Å². The van der Waals surface area contributed by atoms with Crippen molar-refractivity contribution in [2.75, 3.05) is 5.32 Å². The number of fused-ring (bicyclic) bond motifs is 1. The molecule has 5 aromatic rings. The lowest BCUT2D eigenvalue weighted by atomic mass is 9.96.